The van der Waals surface area contributed by atoms with E-state index < -0.39 is 11.6 Å². The van der Waals surface area contributed by atoms with Crippen molar-refractivity contribution in [2.24, 2.45) is 4.99 Å². The van der Waals surface area contributed by atoms with E-state index >= 15 is 0 Å². The number of para-hydroxylation sites is 1. The number of rotatable bonds is 5. The zero-order valence-electron chi connectivity index (χ0n) is 20.8. The van der Waals surface area contributed by atoms with Gasteiger partial charge in [-0.1, -0.05) is 36.4 Å². The van der Waals surface area contributed by atoms with Crippen molar-refractivity contribution in [2.75, 3.05) is 7.11 Å². The molecule has 0 amide bonds. The Morgan fingerprint density at radius 3 is 2.18 bits per heavy atom. The van der Waals surface area contributed by atoms with Gasteiger partial charge < -0.3 is 18.9 Å². The van der Waals surface area contributed by atoms with Crippen molar-refractivity contribution in [3.05, 3.63) is 113 Å². The smallest absolute Gasteiger partial charge is 0.318 e. The minimum atomic E-state index is -1.11. The van der Waals surface area contributed by atoms with Crippen LogP contribution < -0.4 is 14.2 Å². The molecule has 0 radical (unpaired) electrons. The predicted octanol–water partition coefficient (Wildman–Crippen LogP) is 6.09. The number of ketones is 1. The summed E-state index contributed by atoms with van der Waals surface area (Å²) < 4.78 is 24.2. The van der Waals surface area contributed by atoms with E-state index in [1.165, 1.54) is 6.92 Å². The van der Waals surface area contributed by atoms with E-state index in [0.29, 0.717) is 23.1 Å². The Bertz CT molecular complexity index is 1610. The van der Waals surface area contributed by atoms with Crippen molar-refractivity contribution in [1.82, 2.24) is 0 Å². The van der Waals surface area contributed by atoms with Crippen molar-refractivity contribution < 1.29 is 28.5 Å². The van der Waals surface area contributed by atoms with Crippen LogP contribution in [0.25, 0.3) is 0 Å². The molecule has 38 heavy (non-hydrogen) atoms. The lowest BCUT2D eigenvalue weighted by Crippen LogP contribution is -2.40. The van der Waals surface area contributed by atoms with Crippen molar-refractivity contribution in [2.45, 2.75) is 18.9 Å². The van der Waals surface area contributed by atoms with Gasteiger partial charge in [-0.3, -0.25) is 9.59 Å². The van der Waals surface area contributed by atoms with E-state index in [4.69, 9.17) is 23.9 Å². The second-order valence-electron chi connectivity index (χ2n) is 9.06. The average molecular weight is 506 g/mol. The molecule has 2 aliphatic heterocycles. The van der Waals surface area contributed by atoms with Crippen molar-refractivity contribution in [1.29, 1.82) is 0 Å². The van der Waals surface area contributed by atoms with E-state index in [0.717, 1.165) is 27.9 Å². The highest BCUT2D eigenvalue weighted by Gasteiger charge is 2.50. The number of carbonyl (C=O) groups excluding carboxylic acids is 2. The quantitative estimate of drug-likeness (QED) is 0.186. The molecule has 4 aromatic carbocycles. The number of hydrogen-bond acceptors (Lipinski definition) is 7. The number of methoxy groups -OCH3 is 1. The highest BCUT2D eigenvalue weighted by Crippen LogP contribution is 2.57. The molecular weight excluding hydrogens is 482 g/mol. The highest BCUT2D eigenvalue weighted by atomic mass is 16.5. The van der Waals surface area contributed by atoms with E-state index in [1.54, 1.807) is 25.3 Å². The van der Waals surface area contributed by atoms with Crippen LogP contribution in [0.3, 0.4) is 0 Å². The Morgan fingerprint density at radius 1 is 0.816 bits per heavy atom. The molecule has 0 aromatic heterocycles. The molecule has 0 bridgehead atoms. The van der Waals surface area contributed by atoms with Gasteiger partial charge in [0.1, 0.15) is 35.2 Å². The van der Waals surface area contributed by atoms with Crippen LogP contribution in [-0.4, -0.2) is 24.8 Å². The fourth-order valence-corrected chi connectivity index (χ4v) is 4.89. The number of ether oxygens (including phenoxy) is 4. The van der Waals surface area contributed by atoms with Gasteiger partial charge in [0.15, 0.2) is 5.60 Å². The Labute approximate surface area is 219 Å². The summed E-state index contributed by atoms with van der Waals surface area (Å²) in [5, 5.41) is 0. The molecule has 1 unspecified atom stereocenters. The number of hydrogen-bond donors (Lipinski definition) is 0. The van der Waals surface area contributed by atoms with Gasteiger partial charge in [-0.2, -0.15) is 0 Å². The summed E-state index contributed by atoms with van der Waals surface area (Å²) in [4.78, 5) is 28.4. The Hall–Kier alpha value is -4.91. The number of carbonyl (C=O) groups is 2. The molecule has 0 saturated heterocycles. The normalized spacial score (nSPS) is 16.6. The van der Waals surface area contributed by atoms with Crippen LogP contribution >= 0.6 is 0 Å². The summed E-state index contributed by atoms with van der Waals surface area (Å²) in [6.07, 6.45) is -0.310. The topological polar surface area (TPSA) is 83.4 Å². The van der Waals surface area contributed by atoms with Crippen LogP contribution in [0, 0.1) is 0 Å². The molecule has 6 rings (SSSR count). The fraction of sp³-hybridized carbons (Fsp3) is 0.129. The molecule has 0 fully saturated rings. The zero-order valence-corrected chi connectivity index (χ0v) is 20.8. The van der Waals surface area contributed by atoms with Crippen molar-refractivity contribution in [3.63, 3.8) is 0 Å². The van der Waals surface area contributed by atoms with Crippen LogP contribution in [0.1, 0.15) is 35.6 Å². The molecule has 1 atom stereocenters. The van der Waals surface area contributed by atoms with E-state index in [-0.39, 0.29) is 18.0 Å². The average Bonchev–Trinajstić information content (AvgIpc) is 2.92. The minimum Gasteiger partial charge on any atom is -0.497 e. The Morgan fingerprint density at radius 2 is 1.47 bits per heavy atom. The monoisotopic (exact) mass is 505 g/mol. The van der Waals surface area contributed by atoms with Gasteiger partial charge in [-0.05, 0) is 49.4 Å². The maximum atomic E-state index is 12.2. The van der Waals surface area contributed by atoms with Crippen LogP contribution in [-0.2, 0) is 19.9 Å². The van der Waals surface area contributed by atoms with Crippen molar-refractivity contribution >= 4 is 23.3 Å². The second-order valence-corrected chi connectivity index (χ2v) is 9.06. The van der Waals surface area contributed by atoms with Gasteiger partial charge in [-0.15, -0.1) is 0 Å². The Kier molecular flexibility index (Phi) is 5.68. The number of Topliss-reactive ketones (excluding diaryl/α,β-unsaturated/α-hetero) is 1. The number of nitrogens with zero attached hydrogens (tertiary/aromatic N) is 1. The number of aliphatic imine (C=N–C) groups is 1. The van der Waals surface area contributed by atoms with Gasteiger partial charge >= 0.3 is 5.97 Å². The number of fused-ring (bicyclic) bond motifs is 6. The third-order valence-electron chi connectivity index (χ3n) is 6.52. The Balaban J connectivity index is 1.57. The fourth-order valence-electron chi connectivity index (χ4n) is 4.89. The largest absolute Gasteiger partial charge is 0.497 e. The first-order valence-corrected chi connectivity index (χ1v) is 12.1. The van der Waals surface area contributed by atoms with Gasteiger partial charge in [0.05, 0.1) is 12.8 Å². The van der Waals surface area contributed by atoms with Crippen LogP contribution in [0.15, 0.2) is 96.0 Å². The van der Waals surface area contributed by atoms with E-state index in [2.05, 4.69) is 0 Å². The molecule has 2 aliphatic rings. The third kappa shape index (κ3) is 3.89. The first-order valence-electron chi connectivity index (χ1n) is 12.1. The third-order valence-corrected chi connectivity index (χ3v) is 6.52. The molecule has 0 N–H and O–H groups in total. The summed E-state index contributed by atoms with van der Waals surface area (Å²) >= 11 is 0. The number of benzene rings is 4. The summed E-state index contributed by atoms with van der Waals surface area (Å²) in [6.45, 7) is 1.34. The highest BCUT2D eigenvalue weighted by molar-refractivity contribution is 5.99. The predicted molar refractivity (Wildman–Crippen MR) is 140 cm³/mol. The van der Waals surface area contributed by atoms with Gasteiger partial charge in [0, 0.05) is 34.4 Å². The number of esters is 1. The first-order chi connectivity index (χ1) is 18.5. The van der Waals surface area contributed by atoms with E-state index in [9.17, 15) is 9.59 Å². The molecule has 0 aliphatic carbocycles. The van der Waals surface area contributed by atoms with Crippen LogP contribution in [0.5, 0.6) is 23.0 Å². The summed E-state index contributed by atoms with van der Waals surface area (Å²) in [5.41, 5.74) is 2.83. The van der Waals surface area contributed by atoms with Gasteiger partial charge in [0.2, 0.25) is 5.90 Å². The van der Waals surface area contributed by atoms with Gasteiger partial charge in [0.25, 0.3) is 0 Å². The minimum absolute atomic E-state index is 0.262. The van der Waals surface area contributed by atoms with Gasteiger partial charge in [-0.25, -0.2) is 4.99 Å². The lowest BCUT2D eigenvalue weighted by Gasteiger charge is -2.43. The molecule has 7 nitrogen and oxygen atoms in total. The summed E-state index contributed by atoms with van der Waals surface area (Å²) in [7, 11) is 1.59. The maximum Gasteiger partial charge on any atom is 0.318 e. The molecule has 1 spiro atoms. The molecule has 7 heteroatoms. The van der Waals surface area contributed by atoms with E-state index in [1.807, 2.05) is 72.8 Å². The molecular formula is C31H23NO6. The molecule has 0 saturated carbocycles. The second kappa shape index (κ2) is 9.19. The summed E-state index contributed by atoms with van der Waals surface area (Å²) in [5.74, 6) is 1.42. The first kappa shape index (κ1) is 23.5. The van der Waals surface area contributed by atoms with Crippen molar-refractivity contribution in [3.8, 4) is 23.0 Å². The zero-order chi connectivity index (χ0) is 26.3. The van der Waals surface area contributed by atoms with Crippen LogP contribution in [0.2, 0.25) is 0 Å². The lowest BCUT2D eigenvalue weighted by atomic mass is 9.76. The standard InChI is InChI=1S/C31H23NO6/c1-19(33)16-29(34)36-22-13-15-25-28(18-22)37-27-17-21(35-2)12-14-24(27)31(25)23-10-6-7-11-26(23)32-30(38-31)20-8-4-3-5-9-20/h3-15,17-18H,16H2,1-2H3. The maximum absolute atomic E-state index is 12.2. The summed E-state index contributed by atoms with van der Waals surface area (Å²) in [6, 6.07) is 28.3. The van der Waals surface area contributed by atoms with Crippen LogP contribution in [0.4, 0.5) is 5.69 Å². The SMILES string of the molecule is COc1ccc2c(c1)Oc1cc(OC(=O)CC(C)=O)ccc1C21OC(c2ccccc2)=Nc2ccccc21. The molecule has 4 aromatic rings. The molecule has 188 valence electrons. The lowest BCUT2D eigenvalue weighted by molar-refractivity contribution is -0.137. The molecule has 2 heterocycles.